The summed E-state index contributed by atoms with van der Waals surface area (Å²) in [5, 5.41) is 10.6. The number of rotatable bonds is 72. The van der Waals surface area contributed by atoms with Crippen LogP contribution in [0.4, 0.5) is 0 Å². The lowest BCUT2D eigenvalue weighted by Crippen LogP contribution is -2.30. The first-order valence-corrected chi connectivity index (χ1v) is 40.6. The summed E-state index contributed by atoms with van der Waals surface area (Å²) < 4.78 is 68.3. The molecule has 0 aromatic carbocycles. The lowest BCUT2D eigenvalue weighted by Gasteiger charge is -2.21. The predicted octanol–water partition coefficient (Wildman–Crippen LogP) is 20.9. The molecule has 540 valence electrons. The van der Waals surface area contributed by atoms with E-state index in [1.165, 1.54) is 186 Å². The molecule has 0 saturated carbocycles. The SMILES string of the molecule is CCCCCCCCCCCCCCCCCCC(=O)OC[C@H](COP(=O)(O)OC[C@@H](O)COP(=O)(O)OC[C@@H](COC(=O)CCCCCCCCC)OC(=O)CCCCCCCCCCCCCC)OC(=O)CCCCCCCCCCCCCCCC(C)C. The molecule has 0 radical (unpaired) electrons. The molecule has 0 aromatic rings. The van der Waals surface area contributed by atoms with Crippen LogP contribution < -0.4 is 0 Å². The number of esters is 4. The van der Waals surface area contributed by atoms with Crippen LogP contribution in [0.1, 0.15) is 375 Å². The van der Waals surface area contributed by atoms with E-state index in [0.29, 0.717) is 25.7 Å². The second-order valence-electron chi connectivity index (χ2n) is 26.5. The van der Waals surface area contributed by atoms with Crippen LogP contribution in [0.15, 0.2) is 0 Å². The maximum atomic E-state index is 13.0. The second-order valence-corrected chi connectivity index (χ2v) is 29.4. The zero-order valence-corrected chi connectivity index (χ0v) is 60.8. The highest BCUT2D eigenvalue weighted by Crippen LogP contribution is 2.45. The summed E-state index contributed by atoms with van der Waals surface area (Å²) in [6.07, 6.45) is 52.7. The Kier molecular flexibility index (Phi) is 64.0. The van der Waals surface area contributed by atoms with Crippen molar-refractivity contribution in [3.05, 3.63) is 0 Å². The Morgan fingerprint density at radius 3 is 0.747 bits per heavy atom. The molecule has 3 N–H and O–H groups in total. The third kappa shape index (κ3) is 66.5. The molecular formula is C72H140O17P2. The van der Waals surface area contributed by atoms with Crippen LogP contribution >= 0.6 is 15.6 Å². The first-order valence-electron chi connectivity index (χ1n) is 37.6. The lowest BCUT2D eigenvalue weighted by atomic mass is 10.0. The van der Waals surface area contributed by atoms with Crippen LogP contribution in [0.3, 0.4) is 0 Å². The number of aliphatic hydroxyl groups excluding tert-OH is 1. The van der Waals surface area contributed by atoms with Gasteiger partial charge in [0.2, 0.25) is 0 Å². The largest absolute Gasteiger partial charge is 0.472 e. The third-order valence-electron chi connectivity index (χ3n) is 16.8. The van der Waals surface area contributed by atoms with Crippen molar-refractivity contribution < 1.29 is 80.2 Å². The van der Waals surface area contributed by atoms with Crippen molar-refractivity contribution in [3.8, 4) is 0 Å². The molecule has 5 atom stereocenters. The number of carbonyl (C=O) groups excluding carboxylic acids is 4. The first kappa shape index (κ1) is 89.1. The topological polar surface area (TPSA) is 237 Å². The molecule has 0 aliphatic rings. The van der Waals surface area contributed by atoms with E-state index in [4.69, 9.17) is 37.0 Å². The molecule has 0 heterocycles. The smallest absolute Gasteiger partial charge is 0.462 e. The molecule has 0 aliphatic heterocycles. The number of aliphatic hydroxyl groups is 1. The van der Waals surface area contributed by atoms with Gasteiger partial charge >= 0.3 is 39.5 Å². The summed E-state index contributed by atoms with van der Waals surface area (Å²) >= 11 is 0. The summed E-state index contributed by atoms with van der Waals surface area (Å²) in [5.41, 5.74) is 0. The maximum absolute atomic E-state index is 13.0. The van der Waals surface area contributed by atoms with Gasteiger partial charge in [0.05, 0.1) is 26.4 Å². The van der Waals surface area contributed by atoms with E-state index in [9.17, 15) is 43.2 Å². The Morgan fingerprint density at radius 1 is 0.297 bits per heavy atom. The highest BCUT2D eigenvalue weighted by molar-refractivity contribution is 7.47. The van der Waals surface area contributed by atoms with E-state index in [1.54, 1.807) is 0 Å². The molecule has 0 rings (SSSR count). The first-order chi connectivity index (χ1) is 44.0. The van der Waals surface area contributed by atoms with Crippen LogP contribution in [-0.4, -0.2) is 96.7 Å². The fourth-order valence-corrected chi connectivity index (χ4v) is 12.6. The van der Waals surface area contributed by atoms with E-state index in [2.05, 4.69) is 34.6 Å². The standard InChI is InChI=1S/C72H140O17P2/c1-6-9-12-15-18-20-22-24-25-26-29-33-36-41-46-51-56-70(75)83-62-68(89-72(77)58-53-48-43-38-34-30-27-28-31-35-40-44-49-54-65(4)5)64-87-91(80,81)85-60-66(73)59-84-90(78,79)86-63-67(61-82-69(74)55-50-45-39-17-14-11-8-3)88-71(76)57-52-47-42-37-32-23-21-19-16-13-10-7-2/h65-68,73H,6-64H2,1-5H3,(H,78,79)(H,80,81)/t66-,67+,68+/m0/s1. The van der Waals surface area contributed by atoms with Crippen LogP contribution in [-0.2, 0) is 65.4 Å². The summed E-state index contributed by atoms with van der Waals surface area (Å²) in [6, 6.07) is 0. The van der Waals surface area contributed by atoms with Crippen molar-refractivity contribution in [2.24, 2.45) is 5.92 Å². The van der Waals surface area contributed by atoms with Crippen molar-refractivity contribution in [2.45, 2.75) is 393 Å². The number of phosphoric acid groups is 2. The number of ether oxygens (including phenoxy) is 4. The van der Waals surface area contributed by atoms with Gasteiger partial charge in [-0.05, 0) is 31.6 Å². The van der Waals surface area contributed by atoms with Gasteiger partial charge < -0.3 is 33.8 Å². The molecule has 0 fully saturated rings. The summed E-state index contributed by atoms with van der Waals surface area (Å²) in [5.74, 6) is -1.34. The minimum atomic E-state index is -4.95. The molecule has 17 nitrogen and oxygen atoms in total. The van der Waals surface area contributed by atoms with Crippen molar-refractivity contribution >= 4 is 39.5 Å². The van der Waals surface area contributed by atoms with Crippen molar-refractivity contribution in [2.75, 3.05) is 39.6 Å². The van der Waals surface area contributed by atoms with Gasteiger partial charge in [-0.15, -0.1) is 0 Å². The Balaban J connectivity index is 5.20. The van der Waals surface area contributed by atoms with Gasteiger partial charge in [-0.25, -0.2) is 9.13 Å². The molecule has 0 aromatic heterocycles. The average molecular weight is 1340 g/mol. The minimum absolute atomic E-state index is 0.107. The Bertz CT molecular complexity index is 1750. The van der Waals surface area contributed by atoms with Crippen molar-refractivity contribution in [1.29, 1.82) is 0 Å². The molecule has 0 saturated heterocycles. The molecule has 2 unspecified atom stereocenters. The third-order valence-corrected chi connectivity index (χ3v) is 18.7. The fourth-order valence-electron chi connectivity index (χ4n) is 11.0. The van der Waals surface area contributed by atoms with Crippen LogP contribution in [0.2, 0.25) is 0 Å². The molecule has 0 spiro atoms. The summed E-state index contributed by atoms with van der Waals surface area (Å²) in [7, 11) is -9.90. The molecular weight excluding hydrogens is 1200 g/mol. The Morgan fingerprint density at radius 2 is 0.505 bits per heavy atom. The normalized spacial score (nSPS) is 14.0. The number of hydrogen-bond donors (Lipinski definition) is 3. The zero-order chi connectivity index (χ0) is 67.0. The van der Waals surface area contributed by atoms with Gasteiger partial charge in [0.25, 0.3) is 0 Å². The van der Waals surface area contributed by atoms with Gasteiger partial charge in [-0.3, -0.25) is 37.3 Å². The summed E-state index contributed by atoms with van der Waals surface area (Å²) in [6.45, 7) is 7.24. The number of hydrogen-bond acceptors (Lipinski definition) is 15. The number of unbranched alkanes of at least 4 members (excludes halogenated alkanes) is 44. The van der Waals surface area contributed by atoms with E-state index in [1.807, 2.05) is 0 Å². The van der Waals surface area contributed by atoms with E-state index >= 15 is 0 Å². The molecule has 19 heteroatoms. The zero-order valence-electron chi connectivity index (χ0n) is 59.0. The van der Waals surface area contributed by atoms with Crippen LogP contribution in [0.25, 0.3) is 0 Å². The van der Waals surface area contributed by atoms with Gasteiger partial charge in [-0.1, -0.05) is 324 Å². The average Bonchev–Trinajstić information content (AvgIpc) is 3.01. The van der Waals surface area contributed by atoms with Crippen molar-refractivity contribution in [1.82, 2.24) is 0 Å². The Labute approximate surface area is 556 Å². The van der Waals surface area contributed by atoms with E-state index in [-0.39, 0.29) is 25.7 Å². The van der Waals surface area contributed by atoms with Crippen molar-refractivity contribution in [3.63, 3.8) is 0 Å². The monoisotopic (exact) mass is 1340 g/mol. The van der Waals surface area contributed by atoms with Gasteiger partial charge in [0.15, 0.2) is 12.2 Å². The summed E-state index contributed by atoms with van der Waals surface area (Å²) in [4.78, 5) is 72.5. The minimum Gasteiger partial charge on any atom is -0.462 e. The van der Waals surface area contributed by atoms with E-state index < -0.39 is 97.5 Å². The lowest BCUT2D eigenvalue weighted by molar-refractivity contribution is -0.161. The predicted molar refractivity (Wildman–Crippen MR) is 368 cm³/mol. The number of phosphoric ester groups is 2. The molecule has 0 bridgehead atoms. The fraction of sp³-hybridized carbons (Fsp3) is 0.944. The highest BCUT2D eigenvalue weighted by Gasteiger charge is 2.30. The second kappa shape index (κ2) is 65.4. The molecule has 0 amide bonds. The van der Waals surface area contributed by atoms with E-state index in [0.717, 1.165) is 109 Å². The highest BCUT2D eigenvalue weighted by atomic mass is 31.2. The number of carbonyl (C=O) groups is 4. The van der Waals surface area contributed by atoms with Crippen LogP contribution in [0, 0.1) is 5.92 Å². The maximum Gasteiger partial charge on any atom is 0.472 e. The quantitative estimate of drug-likeness (QED) is 0.0222. The Hall–Kier alpha value is -1.94. The van der Waals surface area contributed by atoms with Gasteiger partial charge in [0.1, 0.15) is 19.3 Å². The van der Waals surface area contributed by atoms with Gasteiger partial charge in [0, 0.05) is 25.7 Å². The molecule has 91 heavy (non-hydrogen) atoms. The van der Waals surface area contributed by atoms with Crippen LogP contribution in [0.5, 0.6) is 0 Å². The molecule has 0 aliphatic carbocycles. The van der Waals surface area contributed by atoms with Gasteiger partial charge in [-0.2, -0.15) is 0 Å².